The van der Waals surface area contributed by atoms with Gasteiger partial charge in [0.1, 0.15) is 0 Å². The van der Waals surface area contributed by atoms with Crippen molar-refractivity contribution < 1.29 is 9.90 Å². The van der Waals surface area contributed by atoms with E-state index >= 15 is 0 Å². The molecule has 1 aliphatic carbocycles. The highest BCUT2D eigenvalue weighted by Gasteiger charge is 2.44. The molecule has 1 fully saturated rings. The molecule has 2 aliphatic rings. The van der Waals surface area contributed by atoms with Crippen molar-refractivity contribution in [3.63, 3.8) is 0 Å². The predicted octanol–water partition coefficient (Wildman–Crippen LogP) is 2.91. The summed E-state index contributed by atoms with van der Waals surface area (Å²) in [5.74, 6) is 0.717. The number of fused-ring (bicyclic) bond motifs is 1. The maximum atomic E-state index is 10.8. The summed E-state index contributed by atoms with van der Waals surface area (Å²) in [5.41, 5.74) is 2.65. The molecule has 1 heterocycles. The number of carboxylic acid groups (broad SMARTS) is 1. The molecule has 0 bridgehead atoms. The molecule has 2 unspecified atom stereocenters. The number of hydrogen-bond acceptors (Lipinski definition) is 2. The van der Waals surface area contributed by atoms with Crippen LogP contribution in [0.1, 0.15) is 29.9 Å². The molecule has 84 valence electrons. The maximum Gasteiger partial charge on any atom is 0.307 e. The van der Waals surface area contributed by atoms with Crippen molar-refractivity contribution in [3.05, 3.63) is 29.3 Å². The third-order valence-corrected chi connectivity index (χ3v) is 4.67. The molecule has 0 amide bonds. The molecule has 0 spiro atoms. The van der Waals surface area contributed by atoms with Crippen molar-refractivity contribution >= 4 is 17.7 Å². The Morgan fingerprint density at radius 1 is 1.44 bits per heavy atom. The number of carboxylic acids is 1. The van der Waals surface area contributed by atoms with Gasteiger partial charge in [0, 0.05) is 4.90 Å². The lowest BCUT2D eigenvalue weighted by molar-refractivity contribution is -0.138. The van der Waals surface area contributed by atoms with Gasteiger partial charge in [0.15, 0.2) is 0 Å². The van der Waals surface area contributed by atoms with E-state index in [1.165, 1.54) is 28.2 Å². The molecule has 1 aromatic carbocycles. The number of aryl methyl sites for hydroxylation is 1. The number of thioether (sulfide) groups is 1. The molecule has 3 heteroatoms. The van der Waals surface area contributed by atoms with Crippen LogP contribution in [-0.4, -0.2) is 16.8 Å². The molecule has 1 saturated carbocycles. The highest BCUT2D eigenvalue weighted by molar-refractivity contribution is 7.99. The zero-order valence-electron chi connectivity index (χ0n) is 8.98. The Morgan fingerprint density at radius 2 is 2.31 bits per heavy atom. The molecule has 3 rings (SSSR count). The molecule has 1 N–H and O–H groups in total. The topological polar surface area (TPSA) is 37.3 Å². The smallest absolute Gasteiger partial charge is 0.307 e. The van der Waals surface area contributed by atoms with Gasteiger partial charge in [-0.15, -0.1) is 11.8 Å². The molecule has 0 saturated heterocycles. The summed E-state index contributed by atoms with van der Waals surface area (Å²) in [4.78, 5) is 12.2. The van der Waals surface area contributed by atoms with Crippen LogP contribution in [0.5, 0.6) is 0 Å². The SMILES string of the molecule is O=C(O)C1CC1c1ccc2c(c1)CCCS2. The Balaban J connectivity index is 1.85. The summed E-state index contributed by atoms with van der Waals surface area (Å²) >= 11 is 1.92. The van der Waals surface area contributed by atoms with E-state index in [1.807, 2.05) is 11.8 Å². The van der Waals surface area contributed by atoms with E-state index in [4.69, 9.17) is 5.11 Å². The van der Waals surface area contributed by atoms with Crippen LogP contribution in [0.2, 0.25) is 0 Å². The Bertz CT molecular complexity index is 442. The van der Waals surface area contributed by atoms with E-state index in [-0.39, 0.29) is 11.8 Å². The van der Waals surface area contributed by atoms with Crippen LogP contribution in [0.15, 0.2) is 23.1 Å². The molecule has 1 aromatic rings. The average molecular weight is 234 g/mol. The van der Waals surface area contributed by atoms with Crippen LogP contribution < -0.4 is 0 Å². The lowest BCUT2D eigenvalue weighted by Crippen LogP contribution is -2.01. The molecular formula is C13H14O2S. The highest BCUT2D eigenvalue weighted by Crippen LogP contribution is 2.48. The summed E-state index contributed by atoms with van der Waals surface area (Å²) in [5, 5.41) is 8.92. The van der Waals surface area contributed by atoms with Crippen molar-refractivity contribution in [2.75, 3.05) is 5.75 Å². The summed E-state index contributed by atoms with van der Waals surface area (Å²) in [7, 11) is 0. The van der Waals surface area contributed by atoms with Crippen LogP contribution in [0, 0.1) is 5.92 Å². The zero-order valence-corrected chi connectivity index (χ0v) is 9.80. The van der Waals surface area contributed by atoms with Gasteiger partial charge in [-0.1, -0.05) is 12.1 Å². The number of carbonyl (C=O) groups is 1. The van der Waals surface area contributed by atoms with Gasteiger partial charge in [-0.25, -0.2) is 0 Å². The highest BCUT2D eigenvalue weighted by atomic mass is 32.2. The van der Waals surface area contributed by atoms with Crippen molar-refractivity contribution in [1.82, 2.24) is 0 Å². The Labute approximate surface area is 99.1 Å². The fourth-order valence-corrected chi connectivity index (χ4v) is 3.47. The van der Waals surface area contributed by atoms with E-state index in [2.05, 4.69) is 18.2 Å². The summed E-state index contributed by atoms with van der Waals surface area (Å²) in [6, 6.07) is 6.52. The van der Waals surface area contributed by atoms with E-state index in [0.29, 0.717) is 0 Å². The minimum absolute atomic E-state index is 0.130. The van der Waals surface area contributed by atoms with Crippen LogP contribution in [0.25, 0.3) is 0 Å². The van der Waals surface area contributed by atoms with E-state index < -0.39 is 5.97 Å². The van der Waals surface area contributed by atoms with E-state index in [9.17, 15) is 4.79 Å². The van der Waals surface area contributed by atoms with Gasteiger partial charge >= 0.3 is 5.97 Å². The first-order chi connectivity index (χ1) is 7.75. The third-order valence-electron chi connectivity index (χ3n) is 3.47. The lowest BCUT2D eigenvalue weighted by Gasteiger charge is -2.15. The molecule has 16 heavy (non-hydrogen) atoms. The first-order valence-electron chi connectivity index (χ1n) is 5.74. The second-order valence-corrected chi connectivity index (χ2v) is 5.74. The van der Waals surface area contributed by atoms with Crippen LogP contribution >= 0.6 is 11.8 Å². The normalized spacial score (nSPS) is 27.2. The second-order valence-electron chi connectivity index (χ2n) is 4.61. The maximum absolute atomic E-state index is 10.8. The van der Waals surface area contributed by atoms with Crippen LogP contribution in [-0.2, 0) is 11.2 Å². The summed E-state index contributed by atoms with van der Waals surface area (Å²) < 4.78 is 0. The first kappa shape index (κ1) is 10.2. The van der Waals surface area contributed by atoms with Gasteiger partial charge in [-0.05, 0) is 48.1 Å². The standard InChI is InChI=1S/C13H14O2S/c14-13(15)11-7-10(11)8-3-4-12-9(6-8)2-1-5-16-12/h3-4,6,10-11H,1-2,5,7H2,(H,14,15). The summed E-state index contributed by atoms with van der Waals surface area (Å²) in [6.45, 7) is 0. The fraction of sp³-hybridized carbons (Fsp3) is 0.462. The van der Waals surface area contributed by atoms with Gasteiger partial charge in [0.05, 0.1) is 5.92 Å². The fourth-order valence-electron chi connectivity index (χ4n) is 2.45. The third kappa shape index (κ3) is 1.73. The second kappa shape index (κ2) is 3.81. The van der Waals surface area contributed by atoms with Crippen molar-refractivity contribution in [2.24, 2.45) is 5.92 Å². The monoisotopic (exact) mass is 234 g/mol. The van der Waals surface area contributed by atoms with Crippen LogP contribution in [0.4, 0.5) is 0 Å². The van der Waals surface area contributed by atoms with Gasteiger partial charge in [-0.2, -0.15) is 0 Å². The van der Waals surface area contributed by atoms with Crippen molar-refractivity contribution in [3.8, 4) is 0 Å². The molecule has 2 nitrogen and oxygen atoms in total. The molecule has 2 atom stereocenters. The number of benzene rings is 1. The van der Waals surface area contributed by atoms with Gasteiger partial charge in [0.25, 0.3) is 0 Å². The Morgan fingerprint density at radius 3 is 3.06 bits per heavy atom. The van der Waals surface area contributed by atoms with Gasteiger partial charge < -0.3 is 5.11 Å². The van der Waals surface area contributed by atoms with E-state index in [1.54, 1.807) is 0 Å². The molecular weight excluding hydrogens is 220 g/mol. The lowest BCUT2D eigenvalue weighted by atomic mass is 10.0. The average Bonchev–Trinajstić information content (AvgIpc) is 3.08. The van der Waals surface area contributed by atoms with Crippen LogP contribution in [0.3, 0.4) is 0 Å². The number of rotatable bonds is 2. The predicted molar refractivity (Wildman–Crippen MR) is 64.0 cm³/mol. The van der Waals surface area contributed by atoms with Gasteiger partial charge in [0.2, 0.25) is 0 Å². The number of hydrogen-bond donors (Lipinski definition) is 1. The Kier molecular flexibility index (Phi) is 2.43. The minimum atomic E-state index is -0.642. The summed E-state index contributed by atoms with van der Waals surface area (Å²) in [6.07, 6.45) is 3.22. The number of aliphatic carboxylic acids is 1. The molecule has 0 aromatic heterocycles. The minimum Gasteiger partial charge on any atom is -0.481 e. The van der Waals surface area contributed by atoms with E-state index in [0.717, 1.165) is 12.8 Å². The zero-order chi connectivity index (χ0) is 11.1. The first-order valence-corrected chi connectivity index (χ1v) is 6.72. The largest absolute Gasteiger partial charge is 0.481 e. The van der Waals surface area contributed by atoms with Crippen molar-refractivity contribution in [2.45, 2.75) is 30.1 Å². The van der Waals surface area contributed by atoms with Gasteiger partial charge in [-0.3, -0.25) is 4.79 Å². The molecule has 0 radical (unpaired) electrons. The Hall–Kier alpha value is -0.960. The van der Waals surface area contributed by atoms with Crippen molar-refractivity contribution in [1.29, 1.82) is 0 Å². The molecule has 1 aliphatic heterocycles. The quantitative estimate of drug-likeness (QED) is 0.855.